The number of sulfone groups is 1. The highest BCUT2D eigenvalue weighted by molar-refractivity contribution is 8.02. The van der Waals surface area contributed by atoms with E-state index < -0.39 is 9.84 Å². The first kappa shape index (κ1) is 20.4. The second-order valence-electron chi connectivity index (χ2n) is 6.75. The molecular formula is C20H22N2O4S2. The fourth-order valence-electron chi connectivity index (χ4n) is 3.08. The van der Waals surface area contributed by atoms with Crippen molar-refractivity contribution >= 4 is 44.8 Å². The van der Waals surface area contributed by atoms with Crippen LogP contribution in [0.2, 0.25) is 0 Å². The van der Waals surface area contributed by atoms with Crippen LogP contribution in [-0.2, 0) is 14.6 Å². The van der Waals surface area contributed by atoms with E-state index in [4.69, 9.17) is 0 Å². The summed E-state index contributed by atoms with van der Waals surface area (Å²) in [5.74, 6) is -0.105. The van der Waals surface area contributed by atoms with Gasteiger partial charge in [0, 0.05) is 28.4 Å². The van der Waals surface area contributed by atoms with Gasteiger partial charge in [-0.05, 0) is 43.2 Å². The molecule has 2 amide bonds. The van der Waals surface area contributed by atoms with Gasteiger partial charge in [0.25, 0.3) is 5.91 Å². The van der Waals surface area contributed by atoms with Crippen molar-refractivity contribution < 1.29 is 18.0 Å². The maximum absolute atomic E-state index is 12.9. The molecule has 1 unspecified atom stereocenters. The number of amides is 2. The van der Waals surface area contributed by atoms with Crippen LogP contribution in [0.4, 0.5) is 11.4 Å². The molecule has 1 heterocycles. The number of carbonyl (C=O) groups excluding carboxylic acids is 2. The molecule has 1 aliphatic heterocycles. The Labute approximate surface area is 169 Å². The van der Waals surface area contributed by atoms with E-state index >= 15 is 0 Å². The molecule has 0 aromatic heterocycles. The second-order valence-corrected chi connectivity index (χ2v) is 10.3. The van der Waals surface area contributed by atoms with Crippen molar-refractivity contribution in [2.45, 2.75) is 30.4 Å². The van der Waals surface area contributed by atoms with Crippen LogP contribution in [0.15, 0.2) is 47.4 Å². The molecule has 1 atom stereocenters. The monoisotopic (exact) mass is 418 g/mol. The molecule has 0 saturated carbocycles. The highest BCUT2D eigenvalue weighted by Gasteiger charge is 2.29. The molecular weight excluding hydrogens is 396 g/mol. The lowest BCUT2D eigenvalue weighted by molar-refractivity contribution is -0.114. The van der Waals surface area contributed by atoms with E-state index in [1.54, 1.807) is 30.3 Å². The molecule has 148 valence electrons. The fourth-order valence-corrected chi connectivity index (χ4v) is 6.70. The molecule has 1 aliphatic rings. The maximum atomic E-state index is 12.9. The van der Waals surface area contributed by atoms with Gasteiger partial charge in [0.1, 0.15) is 0 Å². The maximum Gasteiger partial charge on any atom is 0.256 e. The quantitative estimate of drug-likeness (QED) is 0.775. The summed E-state index contributed by atoms with van der Waals surface area (Å²) in [6.45, 7) is 3.26. The fraction of sp³-hybridized carbons (Fsp3) is 0.300. The Kier molecular flexibility index (Phi) is 6.10. The third-order valence-corrected chi connectivity index (χ3v) is 7.83. The van der Waals surface area contributed by atoms with Crippen molar-refractivity contribution in [1.29, 1.82) is 0 Å². The van der Waals surface area contributed by atoms with Crippen molar-refractivity contribution in [1.82, 2.24) is 0 Å². The van der Waals surface area contributed by atoms with E-state index in [9.17, 15) is 18.0 Å². The highest BCUT2D eigenvalue weighted by Crippen LogP contribution is 2.33. The van der Waals surface area contributed by atoms with Crippen LogP contribution in [0.3, 0.4) is 0 Å². The second kappa shape index (κ2) is 8.36. The van der Waals surface area contributed by atoms with Gasteiger partial charge in [-0.3, -0.25) is 9.59 Å². The number of rotatable bonds is 5. The summed E-state index contributed by atoms with van der Waals surface area (Å²) in [6, 6.07) is 12.5. The SMILES string of the molecule is CC(=O)Nc1cccc(NC(=O)c2ccccc2SC2CCS(=O)(=O)C2)c1C. The number of nitrogens with one attached hydrogen (secondary N) is 2. The zero-order valence-corrected chi connectivity index (χ0v) is 17.3. The van der Waals surface area contributed by atoms with Gasteiger partial charge in [-0.1, -0.05) is 18.2 Å². The van der Waals surface area contributed by atoms with Crippen molar-refractivity contribution in [3.8, 4) is 0 Å². The molecule has 1 fully saturated rings. The van der Waals surface area contributed by atoms with Crippen LogP contribution >= 0.6 is 11.8 Å². The zero-order valence-electron chi connectivity index (χ0n) is 15.7. The number of hydrogen-bond acceptors (Lipinski definition) is 5. The van der Waals surface area contributed by atoms with Crippen molar-refractivity contribution in [3.63, 3.8) is 0 Å². The van der Waals surface area contributed by atoms with Gasteiger partial charge in [-0.2, -0.15) is 0 Å². The first-order chi connectivity index (χ1) is 13.2. The normalized spacial score (nSPS) is 17.9. The van der Waals surface area contributed by atoms with E-state index in [1.807, 2.05) is 19.1 Å². The number of hydrogen-bond donors (Lipinski definition) is 2. The summed E-state index contributed by atoms with van der Waals surface area (Å²) < 4.78 is 23.4. The van der Waals surface area contributed by atoms with Crippen LogP contribution in [0, 0.1) is 6.92 Å². The van der Waals surface area contributed by atoms with Crippen LogP contribution in [0.1, 0.15) is 29.3 Å². The Bertz CT molecular complexity index is 1020. The molecule has 0 bridgehead atoms. The molecule has 0 radical (unpaired) electrons. The summed E-state index contributed by atoms with van der Waals surface area (Å²) in [7, 11) is -2.97. The minimum absolute atomic E-state index is 0.0382. The van der Waals surface area contributed by atoms with Crippen molar-refractivity contribution in [2.75, 3.05) is 22.1 Å². The Morgan fingerprint density at radius 2 is 1.71 bits per heavy atom. The summed E-state index contributed by atoms with van der Waals surface area (Å²) in [4.78, 5) is 25.0. The number of thioether (sulfide) groups is 1. The lowest BCUT2D eigenvalue weighted by Crippen LogP contribution is -2.16. The third-order valence-electron chi connectivity index (χ3n) is 4.51. The van der Waals surface area contributed by atoms with Crippen LogP contribution in [0.25, 0.3) is 0 Å². The molecule has 28 heavy (non-hydrogen) atoms. The zero-order chi connectivity index (χ0) is 20.3. The number of anilines is 2. The molecule has 2 N–H and O–H groups in total. The van der Waals surface area contributed by atoms with E-state index in [-0.39, 0.29) is 28.6 Å². The van der Waals surface area contributed by atoms with Gasteiger partial charge < -0.3 is 10.6 Å². The van der Waals surface area contributed by atoms with Gasteiger partial charge >= 0.3 is 0 Å². The van der Waals surface area contributed by atoms with Crippen molar-refractivity contribution in [2.24, 2.45) is 0 Å². The van der Waals surface area contributed by atoms with E-state index in [2.05, 4.69) is 10.6 Å². The Morgan fingerprint density at radius 3 is 2.36 bits per heavy atom. The molecule has 2 aromatic carbocycles. The minimum Gasteiger partial charge on any atom is -0.326 e. The lowest BCUT2D eigenvalue weighted by atomic mass is 10.1. The summed E-state index contributed by atoms with van der Waals surface area (Å²) in [5.41, 5.74) is 2.52. The van der Waals surface area contributed by atoms with Crippen LogP contribution in [-0.4, -0.2) is 37.0 Å². The smallest absolute Gasteiger partial charge is 0.256 e. The number of benzene rings is 2. The topological polar surface area (TPSA) is 92.3 Å². The first-order valence-corrected chi connectivity index (χ1v) is 11.6. The van der Waals surface area contributed by atoms with Gasteiger partial charge in [0.2, 0.25) is 5.91 Å². The first-order valence-electron chi connectivity index (χ1n) is 8.90. The lowest BCUT2D eigenvalue weighted by Gasteiger charge is -2.15. The molecule has 8 heteroatoms. The van der Waals surface area contributed by atoms with E-state index in [0.29, 0.717) is 23.4 Å². The largest absolute Gasteiger partial charge is 0.326 e. The van der Waals surface area contributed by atoms with Crippen LogP contribution in [0.5, 0.6) is 0 Å². The molecule has 3 rings (SSSR count). The Morgan fingerprint density at radius 1 is 1.04 bits per heavy atom. The minimum atomic E-state index is -2.97. The van der Waals surface area contributed by atoms with Gasteiger partial charge in [-0.25, -0.2) is 8.42 Å². The average molecular weight is 419 g/mol. The highest BCUT2D eigenvalue weighted by atomic mass is 32.2. The van der Waals surface area contributed by atoms with Gasteiger partial charge in [0.05, 0.1) is 17.1 Å². The average Bonchev–Trinajstić information content (AvgIpc) is 2.97. The number of carbonyl (C=O) groups is 2. The van der Waals surface area contributed by atoms with E-state index in [0.717, 1.165) is 10.5 Å². The summed E-state index contributed by atoms with van der Waals surface area (Å²) in [5, 5.41) is 5.60. The van der Waals surface area contributed by atoms with E-state index in [1.165, 1.54) is 18.7 Å². The Balaban J connectivity index is 1.80. The van der Waals surface area contributed by atoms with Crippen molar-refractivity contribution in [3.05, 3.63) is 53.6 Å². The molecule has 6 nitrogen and oxygen atoms in total. The predicted octanol–water partition coefficient (Wildman–Crippen LogP) is 3.48. The molecule has 2 aromatic rings. The third kappa shape index (κ3) is 4.94. The molecule has 0 aliphatic carbocycles. The summed E-state index contributed by atoms with van der Waals surface area (Å²) in [6.07, 6.45) is 0.598. The summed E-state index contributed by atoms with van der Waals surface area (Å²) >= 11 is 1.44. The molecule has 1 saturated heterocycles. The van der Waals surface area contributed by atoms with Crippen LogP contribution < -0.4 is 10.6 Å². The standard InChI is InChI=1S/C20H22N2O4S2/c1-13-17(21-14(2)23)7-5-8-18(13)22-20(24)16-6-3-4-9-19(16)27-15-10-11-28(25,26)12-15/h3-9,15H,10-12H2,1-2H3,(H,21,23)(H,22,24). The van der Waals surface area contributed by atoms with Gasteiger partial charge in [0.15, 0.2) is 9.84 Å². The predicted molar refractivity (Wildman–Crippen MR) is 113 cm³/mol. The molecule has 0 spiro atoms. The van der Waals surface area contributed by atoms with Gasteiger partial charge in [-0.15, -0.1) is 11.8 Å². The Hall–Kier alpha value is -2.32.